The van der Waals surface area contributed by atoms with E-state index < -0.39 is 9.84 Å². The van der Waals surface area contributed by atoms with Crippen LogP contribution in [-0.4, -0.2) is 36.9 Å². The van der Waals surface area contributed by atoms with Crippen LogP contribution >= 0.6 is 11.6 Å². The van der Waals surface area contributed by atoms with Crippen LogP contribution in [0.4, 0.5) is 0 Å². The standard InChI is InChI=1S/C14H15ClN2O3S/c1-8-11-6-9(15)2-3-12(11)17-13(8)14(18)16-10-4-5-21(19,20)7-10/h2-3,6,10,17H,4-5,7H2,1H3,(H,16,18). The molecule has 0 aliphatic carbocycles. The smallest absolute Gasteiger partial charge is 0.268 e. The Bertz CT molecular complexity index is 826. The second-order valence-electron chi connectivity index (χ2n) is 5.39. The normalized spacial score (nSPS) is 20.8. The number of carbonyl (C=O) groups is 1. The van der Waals surface area contributed by atoms with Crippen molar-refractivity contribution in [2.45, 2.75) is 19.4 Å². The van der Waals surface area contributed by atoms with Crippen molar-refractivity contribution >= 4 is 38.2 Å². The largest absolute Gasteiger partial charge is 0.350 e. The van der Waals surface area contributed by atoms with E-state index in [1.165, 1.54) is 0 Å². The number of amides is 1. The second-order valence-corrected chi connectivity index (χ2v) is 8.05. The summed E-state index contributed by atoms with van der Waals surface area (Å²) < 4.78 is 22.9. The summed E-state index contributed by atoms with van der Waals surface area (Å²) in [7, 11) is -3.01. The predicted octanol–water partition coefficient (Wildman–Crippen LogP) is 2.05. The number of halogens is 1. The van der Waals surface area contributed by atoms with Crippen molar-refractivity contribution in [3.05, 3.63) is 34.5 Å². The minimum atomic E-state index is -3.01. The molecular formula is C14H15ClN2O3S. The molecule has 2 aromatic rings. The van der Waals surface area contributed by atoms with Crippen molar-refractivity contribution in [2.75, 3.05) is 11.5 Å². The highest BCUT2D eigenvalue weighted by molar-refractivity contribution is 7.91. The lowest BCUT2D eigenvalue weighted by atomic mass is 10.1. The molecule has 1 aromatic heterocycles. The topological polar surface area (TPSA) is 79.0 Å². The number of hydrogen-bond donors (Lipinski definition) is 2. The maximum absolute atomic E-state index is 12.3. The third kappa shape index (κ3) is 2.78. The molecule has 1 aliphatic heterocycles. The number of fused-ring (bicyclic) bond motifs is 1. The van der Waals surface area contributed by atoms with Gasteiger partial charge in [-0.1, -0.05) is 11.6 Å². The van der Waals surface area contributed by atoms with E-state index in [0.717, 1.165) is 16.5 Å². The Balaban J connectivity index is 1.87. The number of rotatable bonds is 2. The van der Waals surface area contributed by atoms with Gasteiger partial charge < -0.3 is 10.3 Å². The zero-order valence-electron chi connectivity index (χ0n) is 11.4. The van der Waals surface area contributed by atoms with Crippen LogP contribution in [0.1, 0.15) is 22.5 Å². The molecule has 7 heteroatoms. The molecule has 1 fully saturated rings. The molecule has 2 heterocycles. The van der Waals surface area contributed by atoms with Gasteiger partial charge in [-0.05, 0) is 37.1 Å². The Labute approximate surface area is 127 Å². The summed E-state index contributed by atoms with van der Waals surface area (Å²) in [5, 5.41) is 4.29. The van der Waals surface area contributed by atoms with Gasteiger partial charge in [-0.2, -0.15) is 0 Å². The van der Waals surface area contributed by atoms with Crippen LogP contribution in [0.3, 0.4) is 0 Å². The SMILES string of the molecule is Cc1c(C(=O)NC2CCS(=O)(=O)C2)[nH]c2ccc(Cl)cc12. The third-order valence-electron chi connectivity index (χ3n) is 3.82. The Morgan fingerprint density at radius 2 is 2.19 bits per heavy atom. The Morgan fingerprint density at radius 3 is 2.86 bits per heavy atom. The van der Waals surface area contributed by atoms with Crippen molar-refractivity contribution in [3.63, 3.8) is 0 Å². The summed E-state index contributed by atoms with van der Waals surface area (Å²) in [6.07, 6.45) is 0.471. The van der Waals surface area contributed by atoms with E-state index in [4.69, 9.17) is 11.6 Å². The number of benzene rings is 1. The first-order valence-electron chi connectivity index (χ1n) is 6.65. The third-order valence-corrected chi connectivity index (χ3v) is 5.82. The molecule has 3 rings (SSSR count). The van der Waals surface area contributed by atoms with Gasteiger partial charge in [0, 0.05) is 22.0 Å². The Morgan fingerprint density at radius 1 is 1.43 bits per heavy atom. The summed E-state index contributed by atoms with van der Waals surface area (Å²) in [4.78, 5) is 15.4. The predicted molar refractivity (Wildman–Crippen MR) is 82.6 cm³/mol. The summed E-state index contributed by atoms with van der Waals surface area (Å²) >= 11 is 5.97. The maximum atomic E-state index is 12.3. The first-order valence-corrected chi connectivity index (χ1v) is 8.85. The van der Waals surface area contributed by atoms with Gasteiger partial charge in [-0.25, -0.2) is 8.42 Å². The number of aromatic nitrogens is 1. The molecule has 1 unspecified atom stereocenters. The fraction of sp³-hybridized carbons (Fsp3) is 0.357. The molecule has 1 amide bonds. The summed E-state index contributed by atoms with van der Waals surface area (Å²) in [5.41, 5.74) is 2.10. The first kappa shape index (κ1) is 14.4. The number of H-pyrrole nitrogens is 1. The zero-order chi connectivity index (χ0) is 15.2. The van der Waals surface area contributed by atoms with Crippen LogP contribution < -0.4 is 5.32 Å². The first-order chi connectivity index (χ1) is 9.85. The summed E-state index contributed by atoms with van der Waals surface area (Å²) in [6.45, 7) is 1.84. The highest BCUT2D eigenvalue weighted by Gasteiger charge is 2.29. The van der Waals surface area contributed by atoms with E-state index in [1.807, 2.05) is 13.0 Å². The zero-order valence-corrected chi connectivity index (χ0v) is 13.0. The number of sulfone groups is 1. The van der Waals surface area contributed by atoms with E-state index in [0.29, 0.717) is 17.1 Å². The number of nitrogens with one attached hydrogen (secondary N) is 2. The van der Waals surface area contributed by atoms with Gasteiger partial charge in [0.05, 0.1) is 11.5 Å². The van der Waals surface area contributed by atoms with Gasteiger partial charge in [0.25, 0.3) is 5.91 Å². The van der Waals surface area contributed by atoms with Gasteiger partial charge in [-0.15, -0.1) is 0 Å². The molecule has 1 atom stereocenters. The van der Waals surface area contributed by atoms with E-state index >= 15 is 0 Å². The summed E-state index contributed by atoms with van der Waals surface area (Å²) in [6, 6.07) is 5.07. The van der Waals surface area contributed by atoms with E-state index in [1.54, 1.807) is 12.1 Å². The van der Waals surface area contributed by atoms with Gasteiger partial charge >= 0.3 is 0 Å². The van der Waals surface area contributed by atoms with Gasteiger partial charge in [0.15, 0.2) is 9.84 Å². The highest BCUT2D eigenvalue weighted by Crippen LogP contribution is 2.25. The van der Waals surface area contributed by atoms with Crippen LogP contribution in [-0.2, 0) is 9.84 Å². The lowest BCUT2D eigenvalue weighted by Crippen LogP contribution is -2.36. The lowest BCUT2D eigenvalue weighted by Gasteiger charge is -2.10. The van der Waals surface area contributed by atoms with E-state index in [2.05, 4.69) is 10.3 Å². The fourth-order valence-corrected chi connectivity index (χ4v) is 4.54. The van der Waals surface area contributed by atoms with Crippen LogP contribution in [0.25, 0.3) is 10.9 Å². The van der Waals surface area contributed by atoms with E-state index in [9.17, 15) is 13.2 Å². The van der Waals surface area contributed by atoms with Crippen molar-refractivity contribution in [3.8, 4) is 0 Å². The van der Waals surface area contributed by atoms with Crippen LogP contribution in [0, 0.1) is 6.92 Å². The van der Waals surface area contributed by atoms with Crippen LogP contribution in [0.15, 0.2) is 18.2 Å². The highest BCUT2D eigenvalue weighted by atomic mass is 35.5. The van der Waals surface area contributed by atoms with Crippen molar-refractivity contribution in [1.29, 1.82) is 0 Å². The van der Waals surface area contributed by atoms with Crippen molar-refractivity contribution in [2.24, 2.45) is 0 Å². The minimum Gasteiger partial charge on any atom is -0.350 e. The van der Waals surface area contributed by atoms with Gasteiger partial charge in [-0.3, -0.25) is 4.79 Å². The molecule has 5 nitrogen and oxygen atoms in total. The number of carbonyl (C=O) groups excluding carboxylic acids is 1. The van der Waals surface area contributed by atoms with Crippen LogP contribution in [0.5, 0.6) is 0 Å². The molecule has 0 saturated carbocycles. The van der Waals surface area contributed by atoms with Crippen molar-refractivity contribution in [1.82, 2.24) is 10.3 Å². The quantitative estimate of drug-likeness (QED) is 0.886. The summed E-state index contributed by atoms with van der Waals surface area (Å²) in [5.74, 6) is -0.120. The fourth-order valence-electron chi connectivity index (χ4n) is 2.69. The number of hydrogen-bond acceptors (Lipinski definition) is 3. The molecule has 0 spiro atoms. The second kappa shape index (κ2) is 5.03. The molecular weight excluding hydrogens is 312 g/mol. The monoisotopic (exact) mass is 326 g/mol. The molecule has 1 saturated heterocycles. The average molecular weight is 327 g/mol. The number of aromatic amines is 1. The molecule has 1 aromatic carbocycles. The molecule has 112 valence electrons. The van der Waals surface area contributed by atoms with Gasteiger partial charge in [0.2, 0.25) is 0 Å². The average Bonchev–Trinajstić information content (AvgIpc) is 2.90. The molecule has 1 aliphatic rings. The lowest BCUT2D eigenvalue weighted by molar-refractivity contribution is 0.0936. The Kier molecular flexibility index (Phi) is 3.45. The van der Waals surface area contributed by atoms with Crippen molar-refractivity contribution < 1.29 is 13.2 Å². The molecule has 0 radical (unpaired) electrons. The molecule has 0 bridgehead atoms. The number of aryl methyl sites for hydroxylation is 1. The molecule has 21 heavy (non-hydrogen) atoms. The maximum Gasteiger partial charge on any atom is 0.268 e. The Hall–Kier alpha value is -1.53. The van der Waals surface area contributed by atoms with Gasteiger partial charge in [0.1, 0.15) is 5.69 Å². The molecule has 2 N–H and O–H groups in total. The van der Waals surface area contributed by atoms with Crippen LogP contribution in [0.2, 0.25) is 5.02 Å². The minimum absolute atomic E-state index is 0.0177. The van der Waals surface area contributed by atoms with E-state index in [-0.39, 0.29) is 23.5 Å².